The van der Waals surface area contributed by atoms with Crippen molar-refractivity contribution in [3.63, 3.8) is 0 Å². The third-order valence-corrected chi connectivity index (χ3v) is 3.65. The predicted octanol–water partition coefficient (Wildman–Crippen LogP) is 2.83. The Morgan fingerprint density at radius 1 is 1.31 bits per heavy atom. The minimum atomic E-state index is -0.545. The highest BCUT2D eigenvalue weighted by atomic mass is 19.1. The van der Waals surface area contributed by atoms with Gasteiger partial charge >= 0.3 is 0 Å². The molecule has 0 heterocycles. The maximum atomic E-state index is 13.9. The topological polar surface area (TPSA) is 58.6 Å². The average Bonchev–Trinajstić information content (AvgIpc) is 2.55. The second kappa shape index (κ2) is 10.7. The highest BCUT2D eigenvalue weighted by molar-refractivity contribution is 6.19. The van der Waals surface area contributed by atoms with Gasteiger partial charge in [-0.2, -0.15) is 0 Å². The molecule has 1 aromatic carbocycles. The van der Waals surface area contributed by atoms with E-state index in [4.69, 9.17) is 4.74 Å². The van der Waals surface area contributed by atoms with Crippen LogP contribution in [0.1, 0.15) is 31.4 Å². The number of hydrogen-bond acceptors (Lipinski definition) is 4. The Bertz CT molecular complexity index is 654. The molecular weight excluding hydrogens is 335 g/mol. The summed E-state index contributed by atoms with van der Waals surface area (Å²) < 4.78 is 19.2. The number of benzene rings is 1. The lowest BCUT2D eigenvalue weighted by atomic mass is 10.1. The smallest absolute Gasteiger partial charge is 0.256 e. The monoisotopic (exact) mass is 364 g/mol. The standard InChI is InChI=1S/C20H29FN2O3/c1-14(2)8-9-26-13-19(24)17(12-23(4)5)20(25)22-11-16-7-6-15(3)10-18(16)21/h6-7,10,12,14H,8-9,11,13H2,1-5H3,(H,22,25)/b17-12+. The van der Waals surface area contributed by atoms with Gasteiger partial charge in [0.15, 0.2) is 5.78 Å². The van der Waals surface area contributed by atoms with E-state index in [1.54, 1.807) is 38.1 Å². The molecule has 0 aromatic heterocycles. The van der Waals surface area contributed by atoms with Crippen molar-refractivity contribution in [2.75, 3.05) is 27.3 Å². The molecule has 1 amide bonds. The molecule has 1 rings (SSSR count). The first-order valence-electron chi connectivity index (χ1n) is 8.73. The van der Waals surface area contributed by atoms with E-state index in [9.17, 15) is 14.0 Å². The van der Waals surface area contributed by atoms with Crippen molar-refractivity contribution in [2.45, 2.75) is 33.7 Å². The van der Waals surface area contributed by atoms with E-state index in [0.717, 1.165) is 12.0 Å². The minimum absolute atomic E-state index is 0.00735. The first kappa shape index (κ1) is 21.8. The molecule has 1 N–H and O–H groups in total. The Morgan fingerprint density at radius 3 is 2.58 bits per heavy atom. The highest BCUT2D eigenvalue weighted by Crippen LogP contribution is 2.10. The van der Waals surface area contributed by atoms with Gasteiger partial charge in [0.25, 0.3) is 5.91 Å². The number of halogens is 1. The van der Waals surface area contributed by atoms with Gasteiger partial charge in [-0.3, -0.25) is 9.59 Å². The van der Waals surface area contributed by atoms with Crippen molar-refractivity contribution in [3.8, 4) is 0 Å². The summed E-state index contributed by atoms with van der Waals surface area (Å²) in [6.07, 6.45) is 2.30. The molecule has 6 heteroatoms. The van der Waals surface area contributed by atoms with E-state index in [1.807, 2.05) is 0 Å². The number of aryl methyl sites for hydroxylation is 1. The number of rotatable bonds is 10. The SMILES string of the molecule is Cc1ccc(CNC(=O)/C(=C/N(C)C)C(=O)COCCC(C)C)c(F)c1. The summed E-state index contributed by atoms with van der Waals surface area (Å²) in [4.78, 5) is 26.4. The number of ketones is 1. The van der Waals surface area contributed by atoms with Gasteiger partial charge in [-0.15, -0.1) is 0 Å². The van der Waals surface area contributed by atoms with E-state index >= 15 is 0 Å². The molecule has 0 atom stereocenters. The number of nitrogens with zero attached hydrogens (tertiary/aromatic N) is 1. The van der Waals surface area contributed by atoms with Crippen LogP contribution in [-0.2, 0) is 20.9 Å². The van der Waals surface area contributed by atoms with Crippen LogP contribution in [0, 0.1) is 18.7 Å². The molecule has 0 unspecified atom stereocenters. The quantitative estimate of drug-likeness (QED) is 0.300. The summed E-state index contributed by atoms with van der Waals surface area (Å²) in [5.41, 5.74) is 1.17. The van der Waals surface area contributed by atoms with Gasteiger partial charge in [-0.1, -0.05) is 26.0 Å². The lowest BCUT2D eigenvalue weighted by Crippen LogP contribution is -2.31. The van der Waals surface area contributed by atoms with Crippen molar-refractivity contribution in [2.24, 2.45) is 5.92 Å². The fraction of sp³-hybridized carbons (Fsp3) is 0.500. The normalized spacial score (nSPS) is 11.6. The molecule has 0 spiro atoms. The molecule has 0 fully saturated rings. The molecule has 0 saturated heterocycles. The van der Waals surface area contributed by atoms with Crippen molar-refractivity contribution in [1.82, 2.24) is 10.2 Å². The Balaban J connectivity index is 2.69. The first-order chi connectivity index (χ1) is 12.2. The van der Waals surface area contributed by atoms with Gasteiger partial charge in [0.1, 0.15) is 18.0 Å². The van der Waals surface area contributed by atoms with E-state index in [2.05, 4.69) is 19.2 Å². The zero-order valence-electron chi connectivity index (χ0n) is 16.3. The molecule has 0 radical (unpaired) electrons. The maximum Gasteiger partial charge on any atom is 0.256 e. The molecule has 26 heavy (non-hydrogen) atoms. The summed E-state index contributed by atoms with van der Waals surface area (Å²) in [6, 6.07) is 4.80. The van der Waals surface area contributed by atoms with E-state index in [1.165, 1.54) is 12.3 Å². The molecule has 0 aliphatic heterocycles. The predicted molar refractivity (Wildman–Crippen MR) is 100 cm³/mol. The van der Waals surface area contributed by atoms with Gasteiger partial charge in [-0.25, -0.2) is 4.39 Å². The van der Waals surface area contributed by atoms with Gasteiger partial charge < -0.3 is 15.0 Å². The summed E-state index contributed by atoms with van der Waals surface area (Å²) in [6.45, 7) is 6.26. The number of amides is 1. The average molecular weight is 364 g/mol. The zero-order chi connectivity index (χ0) is 19.7. The minimum Gasteiger partial charge on any atom is -0.383 e. The van der Waals surface area contributed by atoms with Crippen LogP contribution >= 0.6 is 0 Å². The Kier molecular flexibility index (Phi) is 8.99. The van der Waals surface area contributed by atoms with Crippen LogP contribution in [0.5, 0.6) is 0 Å². The number of carbonyl (C=O) groups excluding carboxylic acids is 2. The van der Waals surface area contributed by atoms with Crippen LogP contribution in [0.4, 0.5) is 4.39 Å². The number of hydrogen-bond donors (Lipinski definition) is 1. The summed E-state index contributed by atoms with van der Waals surface area (Å²) in [5, 5.41) is 2.60. The molecule has 144 valence electrons. The number of ether oxygens (including phenoxy) is 1. The molecule has 5 nitrogen and oxygen atoms in total. The molecule has 0 aliphatic rings. The highest BCUT2D eigenvalue weighted by Gasteiger charge is 2.19. The van der Waals surface area contributed by atoms with Crippen LogP contribution < -0.4 is 5.32 Å². The van der Waals surface area contributed by atoms with E-state index in [0.29, 0.717) is 18.1 Å². The Morgan fingerprint density at radius 2 is 2.00 bits per heavy atom. The molecule has 0 bridgehead atoms. The number of carbonyl (C=O) groups is 2. The number of nitrogens with one attached hydrogen (secondary N) is 1. The van der Waals surface area contributed by atoms with Crippen molar-refractivity contribution in [3.05, 3.63) is 46.9 Å². The van der Waals surface area contributed by atoms with Crippen LogP contribution in [0.15, 0.2) is 30.0 Å². The zero-order valence-corrected chi connectivity index (χ0v) is 16.3. The summed E-state index contributed by atoms with van der Waals surface area (Å²) in [5.74, 6) is -0.846. The summed E-state index contributed by atoms with van der Waals surface area (Å²) in [7, 11) is 3.44. The van der Waals surface area contributed by atoms with E-state index < -0.39 is 11.7 Å². The molecular formula is C20H29FN2O3. The van der Waals surface area contributed by atoms with Crippen molar-refractivity contribution >= 4 is 11.7 Å². The number of Topliss-reactive ketones (excluding diaryl/α,β-unsaturated/α-hetero) is 1. The molecule has 1 aromatic rings. The van der Waals surface area contributed by atoms with Gasteiger partial charge in [0.05, 0.1) is 0 Å². The lowest BCUT2D eigenvalue weighted by molar-refractivity contribution is -0.125. The fourth-order valence-corrected chi connectivity index (χ4v) is 2.14. The van der Waals surface area contributed by atoms with Gasteiger partial charge in [0.2, 0.25) is 0 Å². The molecule has 0 aliphatic carbocycles. The molecule has 0 saturated carbocycles. The maximum absolute atomic E-state index is 13.9. The van der Waals surface area contributed by atoms with Crippen LogP contribution in [0.3, 0.4) is 0 Å². The third-order valence-electron chi connectivity index (χ3n) is 3.65. The second-order valence-electron chi connectivity index (χ2n) is 6.94. The van der Waals surface area contributed by atoms with Gasteiger partial charge in [0, 0.05) is 39.0 Å². The summed E-state index contributed by atoms with van der Waals surface area (Å²) >= 11 is 0. The van der Waals surface area contributed by atoms with Crippen molar-refractivity contribution in [1.29, 1.82) is 0 Å². The largest absolute Gasteiger partial charge is 0.383 e. The Labute approximate surface area is 155 Å². The van der Waals surface area contributed by atoms with Crippen molar-refractivity contribution < 1.29 is 18.7 Å². The van der Waals surface area contributed by atoms with Gasteiger partial charge in [-0.05, 0) is 30.9 Å². The van der Waals surface area contributed by atoms with E-state index in [-0.39, 0.29) is 24.5 Å². The first-order valence-corrected chi connectivity index (χ1v) is 8.73. The third kappa shape index (κ3) is 7.78. The van der Waals surface area contributed by atoms with Crippen LogP contribution in [0.25, 0.3) is 0 Å². The Hall–Kier alpha value is -2.21. The van der Waals surface area contributed by atoms with Crippen LogP contribution in [0.2, 0.25) is 0 Å². The fourth-order valence-electron chi connectivity index (χ4n) is 2.14. The second-order valence-corrected chi connectivity index (χ2v) is 6.94. The lowest BCUT2D eigenvalue weighted by Gasteiger charge is -2.13. The van der Waals surface area contributed by atoms with Crippen LogP contribution in [-0.4, -0.2) is 43.9 Å².